The lowest BCUT2D eigenvalue weighted by atomic mass is 9.61. The molecule has 5 atom stereocenters. The standard InChI is InChI=1S/C31H34ClF3N2O8S/c1-30(2)44-23-13-43-27(26(23)45-30)29(39)36-14-31(40)16-4-3-5-17(31)10-19(9-16)46(41,42)24-8-15(6-7-20(24)32)28(38)37-18-11-21(33)25(35)22(34)12-18/h6-8,11-12,16-17,19,23,26-27,40H,3-5,9-10,13-14H2,1-2H3,(H,36,39)(H,37,38)/t16?,17?,19?,23-,26-,27-,31?/m0/s1. The van der Waals surface area contributed by atoms with Crippen LogP contribution in [0, 0.1) is 29.3 Å². The van der Waals surface area contributed by atoms with Crippen LogP contribution in [0.2, 0.25) is 5.02 Å². The average Bonchev–Trinajstić information content (AvgIpc) is 3.49. The first-order chi connectivity index (χ1) is 21.6. The van der Waals surface area contributed by atoms with Crippen LogP contribution in [0.5, 0.6) is 0 Å². The van der Waals surface area contributed by atoms with E-state index in [0.717, 1.165) is 12.5 Å². The third-order valence-electron chi connectivity index (χ3n) is 9.56. The van der Waals surface area contributed by atoms with Crippen molar-refractivity contribution in [3.63, 3.8) is 0 Å². The number of carbonyl (C=O) groups excluding carboxylic acids is 2. The Kier molecular flexibility index (Phi) is 8.68. The molecule has 2 amide bonds. The van der Waals surface area contributed by atoms with E-state index in [4.69, 9.17) is 25.8 Å². The Balaban J connectivity index is 1.15. The molecule has 6 rings (SSSR count). The van der Waals surface area contributed by atoms with Gasteiger partial charge in [-0.3, -0.25) is 9.59 Å². The molecule has 3 N–H and O–H groups in total. The number of benzene rings is 2. The zero-order valence-electron chi connectivity index (χ0n) is 25.0. The van der Waals surface area contributed by atoms with E-state index < -0.39 is 79.8 Å². The summed E-state index contributed by atoms with van der Waals surface area (Å²) in [6.45, 7) is 3.63. The fourth-order valence-electron chi connectivity index (χ4n) is 7.33. The van der Waals surface area contributed by atoms with Gasteiger partial charge in [-0.2, -0.15) is 0 Å². The van der Waals surface area contributed by atoms with Crippen LogP contribution >= 0.6 is 11.6 Å². The average molecular weight is 687 g/mol. The number of rotatable bonds is 7. The summed E-state index contributed by atoms with van der Waals surface area (Å²) in [6.07, 6.45) is 0.222. The molecule has 15 heteroatoms. The van der Waals surface area contributed by atoms with Crippen LogP contribution in [-0.4, -0.2) is 73.4 Å². The van der Waals surface area contributed by atoms with E-state index in [9.17, 15) is 36.3 Å². The number of ether oxygens (including phenoxy) is 3. The number of sulfone groups is 1. The lowest BCUT2D eigenvalue weighted by molar-refractivity contribution is -0.179. The Morgan fingerprint density at radius 1 is 1.04 bits per heavy atom. The normalized spacial score (nSPS) is 31.7. The molecule has 4 aliphatic rings. The summed E-state index contributed by atoms with van der Waals surface area (Å²) in [5.41, 5.74) is -1.87. The number of hydrogen-bond acceptors (Lipinski definition) is 8. The molecule has 2 saturated carbocycles. The third-order valence-corrected chi connectivity index (χ3v) is 12.2. The van der Waals surface area contributed by atoms with E-state index in [1.807, 2.05) is 0 Å². The van der Waals surface area contributed by atoms with Gasteiger partial charge in [-0.15, -0.1) is 0 Å². The van der Waals surface area contributed by atoms with Gasteiger partial charge in [0.25, 0.3) is 11.8 Å². The fraction of sp³-hybridized carbons (Fsp3) is 0.548. The largest absolute Gasteiger partial charge is 0.387 e. The number of anilines is 1. The maximum absolute atomic E-state index is 14.0. The summed E-state index contributed by atoms with van der Waals surface area (Å²) >= 11 is 6.32. The Hall–Kier alpha value is -2.75. The first kappa shape index (κ1) is 33.2. The SMILES string of the molecule is CC1(C)O[C@H]2[C@H](CO[C@@H]2C(=O)NCC2(O)C3CCCC2CC(S(=O)(=O)c2cc(C(=O)Nc4cc(F)c(F)c(F)c4)ccc2Cl)C3)O1. The van der Waals surface area contributed by atoms with Crippen molar-refractivity contribution in [2.75, 3.05) is 18.5 Å². The van der Waals surface area contributed by atoms with Crippen molar-refractivity contribution in [1.29, 1.82) is 0 Å². The molecule has 2 aliphatic heterocycles. The molecule has 10 nitrogen and oxygen atoms in total. The third kappa shape index (κ3) is 6.03. The zero-order chi connectivity index (χ0) is 33.2. The number of aliphatic hydroxyl groups is 1. The number of hydrogen-bond donors (Lipinski definition) is 3. The van der Waals surface area contributed by atoms with E-state index in [0.29, 0.717) is 25.0 Å². The van der Waals surface area contributed by atoms with Crippen molar-refractivity contribution in [2.24, 2.45) is 11.8 Å². The summed E-state index contributed by atoms with van der Waals surface area (Å²) in [5.74, 6) is -7.76. The molecule has 46 heavy (non-hydrogen) atoms. The highest BCUT2D eigenvalue weighted by atomic mass is 35.5. The quantitative estimate of drug-likeness (QED) is 0.370. The molecular formula is C31H34ClF3N2O8S. The molecule has 0 spiro atoms. The predicted molar refractivity (Wildman–Crippen MR) is 158 cm³/mol. The maximum Gasteiger partial charge on any atom is 0.255 e. The molecule has 2 unspecified atom stereocenters. The Labute approximate surface area is 268 Å². The minimum atomic E-state index is -4.13. The minimum absolute atomic E-state index is 0.0869. The van der Waals surface area contributed by atoms with Gasteiger partial charge in [0, 0.05) is 29.9 Å². The van der Waals surface area contributed by atoms with Gasteiger partial charge in [-0.1, -0.05) is 18.0 Å². The topological polar surface area (TPSA) is 140 Å². The van der Waals surface area contributed by atoms with Crippen LogP contribution in [0.4, 0.5) is 18.9 Å². The zero-order valence-corrected chi connectivity index (χ0v) is 26.6. The van der Waals surface area contributed by atoms with Crippen molar-refractivity contribution in [1.82, 2.24) is 5.32 Å². The molecule has 4 fully saturated rings. The molecule has 2 saturated heterocycles. The van der Waals surface area contributed by atoms with E-state index in [1.165, 1.54) is 12.1 Å². The van der Waals surface area contributed by atoms with Gasteiger partial charge in [-0.25, -0.2) is 21.6 Å². The van der Waals surface area contributed by atoms with E-state index in [-0.39, 0.29) is 53.3 Å². The molecule has 2 heterocycles. The Bertz CT molecular complexity index is 1640. The van der Waals surface area contributed by atoms with Crippen LogP contribution in [0.15, 0.2) is 35.2 Å². The summed E-state index contributed by atoms with van der Waals surface area (Å²) in [5, 5.41) is 15.9. The molecule has 2 aromatic rings. The number of amides is 2. The van der Waals surface area contributed by atoms with Gasteiger partial charge in [0.1, 0.15) is 12.2 Å². The second-order valence-corrected chi connectivity index (χ2v) is 15.5. The molecule has 2 aromatic carbocycles. The Morgan fingerprint density at radius 2 is 1.70 bits per heavy atom. The van der Waals surface area contributed by atoms with Gasteiger partial charge in [0.05, 0.1) is 27.4 Å². The van der Waals surface area contributed by atoms with Gasteiger partial charge < -0.3 is 30.0 Å². The minimum Gasteiger partial charge on any atom is -0.387 e. The van der Waals surface area contributed by atoms with Gasteiger partial charge in [0.15, 0.2) is 39.2 Å². The smallest absolute Gasteiger partial charge is 0.255 e. The predicted octanol–water partition coefficient (Wildman–Crippen LogP) is 4.13. The van der Waals surface area contributed by atoms with Gasteiger partial charge in [-0.05, 0) is 69.6 Å². The second kappa shape index (κ2) is 12.0. The Morgan fingerprint density at radius 3 is 2.35 bits per heavy atom. The summed E-state index contributed by atoms with van der Waals surface area (Å²) in [6, 6.07) is 4.78. The van der Waals surface area contributed by atoms with Crippen LogP contribution in [-0.2, 0) is 28.8 Å². The number of fused-ring (bicyclic) bond motifs is 3. The van der Waals surface area contributed by atoms with E-state index in [1.54, 1.807) is 13.8 Å². The number of nitrogens with one attached hydrogen (secondary N) is 2. The lowest BCUT2D eigenvalue weighted by Gasteiger charge is -2.51. The monoisotopic (exact) mass is 686 g/mol. The van der Waals surface area contributed by atoms with Crippen molar-refractivity contribution < 1.29 is 50.5 Å². The summed E-state index contributed by atoms with van der Waals surface area (Å²) in [4.78, 5) is 25.7. The molecule has 250 valence electrons. The number of halogens is 4. The highest BCUT2D eigenvalue weighted by molar-refractivity contribution is 7.92. The van der Waals surface area contributed by atoms with Crippen LogP contribution in [0.25, 0.3) is 0 Å². The molecule has 0 aromatic heterocycles. The van der Waals surface area contributed by atoms with Crippen molar-refractivity contribution in [2.45, 2.75) is 85.8 Å². The number of carbonyl (C=O) groups is 2. The fourth-order valence-corrected chi connectivity index (χ4v) is 9.73. The van der Waals surface area contributed by atoms with Crippen molar-refractivity contribution >= 4 is 38.9 Å². The lowest BCUT2D eigenvalue weighted by Crippen LogP contribution is -2.61. The first-order valence-corrected chi connectivity index (χ1v) is 17.0. The molecule has 0 radical (unpaired) electrons. The van der Waals surface area contributed by atoms with Crippen molar-refractivity contribution in [3.05, 3.63) is 58.4 Å². The summed E-state index contributed by atoms with van der Waals surface area (Å²) in [7, 11) is -4.13. The molecular weight excluding hydrogens is 653 g/mol. The highest BCUT2D eigenvalue weighted by Crippen LogP contribution is 2.50. The summed E-state index contributed by atoms with van der Waals surface area (Å²) < 4.78 is 85.8. The van der Waals surface area contributed by atoms with Crippen molar-refractivity contribution in [3.8, 4) is 0 Å². The second-order valence-electron chi connectivity index (χ2n) is 12.9. The maximum atomic E-state index is 14.0. The van der Waals surface area contributed by atoms with Gasteiger partial charge in [0.2, 0.25) is 0 Å². The highest BCUT2D eigenvalue weighted by Gasteiger charge is 2.55. The molecule has 2 bridgehead atoms. The van der Waals surface area contributed by atoms with Crippen LogP contribution in [0.3, 0.4) is 0 Å². The van der Waals surface area contributed by atoms with Crippen LogP contribution in [0.1, 0.15) is 56.3 Å². The first-order valence-electron chi connectivity index (χ1n) is 15.1. The van der Waals surface area contributed by atoms with Gasteiger partial charge >= 0.3 is 0 Å². The molecule has 2 aliphatic carbocycles. The van der Waals surface area contributed by atoms with E-state index >= 15 is 0 Å². The van der Waals surface area contributed by atoms with Crippen LogP contribution < -0.4 is 10.6 Å². The van der Waals surface area contributed by atoms with E-state index in [2.05, 4.69) is 10.6 Å².